The van der Waals surface area contributed by atoms with Crippen molar-refractivity contribution >= 4 is 44.9 Å². The first-order chi connectivity index (χ1) is 14.9. The van der Waals surface area contributed by atoms with Crippen molar-refractivity contribution in [3.63, 3.8) is 0 Å². The van der Waals surface area contributed by atoms with Gasteiger partial charge in [-0.1, -0.05) is 47.5 Å². The highest BCUT2D eigenvalue weighted by Crippen LogP contribution is 2.32. The van der Waals surface area contributed by atoms with Gasteiger partial charge >= 0.3 is 5.97 Å². The number of anilines is 1. The quantitative estimate of drug-likeness (QED) is 0.457. The molecule has 0 atom stereocenters. The number of halogens is 2. The molecule has 0 spiro atoms. The van der Waals surface area contributed by atoms with E-state index in [4.69, 9.17) is 27.9 Å². The van der Waals surface area contributed by atoms with E-state index in [1.54, 1.807) is 18.2 Å². The van der Waals surface area contributed by atoms with Crippen LogP contribution >= 0.6 is 23.2 Å². The van der Waals surface area contributed by atoms with Crippen LogP contribution in [0, 0.1) is 0 Å². The lowest BCUT2D eigenvalue weighted by molar-refractivity contribution is 0.0473. The molecule has 0 N–H and O–H groups in total. The van der Waals surface area contributed by atoms with Crippen LogP contribution in [0.2, 0.25) is 10.0 Å². The minimum absolute atomic E-state index is 0.0144. The molecular weight excluding hydrogens is 457 g/mol. The van der Waals surface area contributed by atoms with Crippen LogP contribution in [-0.2, 0) is 27.8 Å². The second-order valence-electron chi connectivity index (χ2n) is 7.15. The highest BCUT2D eigenvalue weighted by atomic mass is 35.5. The first kappa shape index (κ1) is 21.7. The largest absolute Gasteiger partial charge is 0.457 e. The SMILES string of the molecule is O=C(OCc1ccc(Cl)cc1Cl)c1ccc(S(=O)(=O)N2CCCc3ccccc32)cc1. The van der Waals surface area contributed by atoms with E-state index in [1.165, 1.54) is 28.6 Å². The number of aryl methyl sites for hydroxylation is 1. The molecule has 5 nitrogen and oxygen atoms in total. The summed E-state index contributed by atoms with van der Waals surface area (Å²) in [5, 5.41) is 0.900. The number of hydrogen-bond donors (Lipinski definition) is 0. The second kappa shape index (κ2) is 8.91. The predicted octanol–water partition coefficient (Wildman–Crippen LogP) is 5.49. The first-order valence-electron chi connectivity index (χ1n) is 9.68. The number of fused-ring (bicyclic) bond motifs is 1. The van der Waals surface area contributed by atoms with Gasteiger partial charge in [0.05, 0.1) is 16.1 Å². The lowest BCUT2D eigenvalue weighted by Gasteiger charge is -2.30. The maximum absolute atomic E-state index is 13.2. The van der Waals surface area contributed by atoms with Crippen LogP contribution in [0.15, 0.2) is 71.6 Å². The van der Waals surface area contributed by atoms with Gasteiger partial charge in [-0.25, -0.2) is 13.2 Å². The van der Waals surface area contributed by atoms with Crippen LogP contribution in [0.5, 0.6) is 0 Å². The molecule has 160 valence electrons. The van der Waals surface area contributed by atoms with Crippen molar-refractivity contribution in [3.05, 3.63) is 93.5 Å². The van der Waals surface area contributed by atoms with Crippen LogP contribution in [0.1, 0.15) is 27.9 Å². The zero-order chi connectivity index (χ0) is 22.0. The Hall–Kier alpha value is -2.54. The van der Waals surface area contributed by atoms with Gasteiger partial charge in [0, 0.05) is 22.2 Å². The van der Waals surface area contributed by atoms with Gasteiger partial charge in [-0.2, -0.15) is 0 Å². The number of para-hydroxylation sites is 1. The zero-order valence-electron chi connectivity index (χ0n) is 16.4. The van der Waals surface area contributed by atoms with Crippen LogP contribution in [-0.4, -0.2) is 20.9 Å². The average Bonchev–Trinajstić information content (AvgIpc) is 2.78. The summed E-state index contributed by atoms with van der Waals surface area (Å²) in [6.07, 6.45) is 1.61. The number of rotatable bonds is 5. The Kier molecular flexibility index (Phi) is 6.23. The summed E-state index contributed by atoms with van der Waals surface area (Å²) in [5.41, 5.74) is 2.60. The first-order valence-corrected chi connectivity index (χ1v) is 11.9. The number of nitrogens with zero attached hydrogens (tertiary/aromatic N) is 1. The number of carbonyl (C=O) groups is 1. The van der Waals surface area contributed by atoms with Gasteiger partial charge in [0.25, 0.3) is 10.0 Å². The molecule has 0 fully saturated rings. The minimum atomic E-state index is -3.73. The molecule has 0 saturated heterocycles. The number of hydrogen-bond acceptors (Lipinski definition) is 4. The molecule has 0 bridgehead atoms. The summed E-state index contributed by atoms with van der Waals surface area (Å²) >= 11 is 12.0. The van der Waals surface area contributed by atoms with Crippen molar-refractivity contribution in [2.24, 2.45) is 0 Å². The van der Waals surface area contributed by atoms with Crippen molar-refractivity contribution in [2.45, 2.75) is 24.3 Å². The Balaban J connectivity index is 1.49. The molecule has 4 rings (SSSR count). The molecular formula is C23H19Cl2NO4S. The number of benzene rings is 3. The Labute approximate surface area is 191 Å². The van der Waals surface area contributed by atoms with Crippen LogP contribution in [0.3, 0.4) is 0 Å². The van der Waals surface area contributed by atoms with Gasteiger partial charge in [0.1, 0.15) is 6.61 Å². The third-order valence-electron chi connectivity index (χ3n) is 5.12. The van der Waals surface area contributed by atoms with Crippen LogP contribution < -0.4 is 4.31 Å². The molecule has 1 aliphatic heterocycles. The highest BCUT2D eigenvalue weighted by molar-refractivity contribution is 7.92. The van der Waals surface area contributed by atoms with E-state index >= 15 is 0 Å². The second-order valence-corrected chi connectivity index (χ2v) is 9.85. The van der Waals surface area contributed by atoms with E-state index in [0.29, 0.717) is 27.8 Å². The predicted molar refractivity (Wildman–Crippen MR) is 121 cm³/mol. The topological polar surface area (TPSA) is 63.7 Å². The molecule has 1 heterocycles. The van der Waals surface area contributed by atoms with Gasteiger partial charge in [0.2, 0.25) is 0 Å². The van der Waals surface area contributed by atoms with Gasteiger partial charge < -0.3 is 4.74 Å². The Morgan fingerprint density at radius 1 is 1.00 bits per heavy atom. The lowest BCUT2D eigenvalue weighted by atomic mass is 10.0. The Bertz CT molecular complexity index is 1230. The smallest absolute Gasteiger partial charge is 0.338 e. The van der Waals surface area contributed by atoms with E-state index in [-0.39, 0.29) is 17.1 Å². The molecule has 0 saturated carbocycles. The van der Waals surface area contributed by atoms with Crippen molar-refractivity contribution in [2.75, 3.05) is 10.8 Å². The van der Waals surface area contributed by atoms with E-state index in [1.807, 2.05) is 24.3 Å². The molecule has 0 aliphatic carbocycles. The van der Waals surface area contributed by atoms with Crippen molar-refractivity contribution in [1.82, 2.24) is 0 Å². The minimum Gasteiger partial charge on any atom is -0.457 e. The monoisotopic (exact) mass is 475 g/mol. The normalized spacial score (nSPS) is 13.5. The number of esters is 1. The fourth-order valence-electron chi connectivity index (χ4n) is 3.50. The third-order valence-corrected chi connectivity index (χ3v) is 7.53. The number of carbonyl (C=O) groups excluding carboxylic acids is 1. The van der Waals surface area contributed by atoms with Gasteiger partial charge in [-0.05, 0) is 60.9 Å². The van der Waals surface area contributed by atoms with E-state index in [2.05, 4.69) is 0 Å². The highest BCUT2D eigenvalue weighted by Gasteiger charge is 2.29. The molecule has 31 heavy (non-hydrogen) atoms. The molecule has 0 radical (unpaired) electrons. The standard InChI is InChI=1S/C23H19Cl2NO4S/c24-19-10-7-18(21(25)14-19)15-30-23(27)17-8-11-20(12-9-17)31(28,29)26-13-3-5-16-4-1-2-6-22(16)26/h1-2,4,6-12,14H,3,5,13,15H2. The van der Waals surface area contributed by atoms with Crippen molar-refractivity contribution in [1.29, 1.82) is 0 Å². The molecule has 0 amide bonds. The third kappa shape index (κ3) is 4.56. The summed E-state index contributed by atoms with van der Waals surface area (Å²) in [7, 11) is -3.73. The Morgan fingerprint density at radius 2 is 1.74 bits per heavy atom. The van der Waals surface area contributed by atoms with Crippen LogP contribution in [0.25, 0.3) is 0 Å². The summed E-state index contributed by atoms with van der Waals surface area (Å²) < 4.78 is 33.1. The fraction of sp³-hybridized carbons (Fsp3) is 0.174. The molecule has 1 aliphatic rings. The number of ether oxygens (including phenoxy) is 1. The fourth-order valence-corrected chi connectivity index (χ4v) is 5.51. The Morgan fingerprint density at radius 3 is 2.48 bits per heavy atom. The maximum Gasteiger partial charge on any atom is 0.338 e. The molecule has 8 heteroatoms. The van der Waals surface area contributed by atoms with Crippen LogP contribution in [0.4, 0.5) is 5.69 Å². The maximum atomic E-state index is 13.2. The van der Waals surface area contributed by atoms with Gasteiger partial charge in [-0.15, -0.1) is 0 Å². The van der Waals surface area contributed by atoms with Gasteiger partial charge in [-0.3, -0.25) is 4.31 Å². The molecule has 0 aromatic heterocycles. The number of sulfonamides is 1. The summed E-state index contributed by atoms with van der Waals surface area (Å²) in [4.78, 5) is 12.5. The van der Waals surface area contributed by atoms with E-state index in [0.717, 1.165) is 18.4 Å². The van der Waals surface area contributed by atoms with E-state index < -0.39 is 16.0 Å². The zero-order valence-corrected chi connectivity index (χ0v) is 18.8. The summed E-state index contributed by atoms with van der Waals surface area (Å²) in [6, 6.07) is 18.2. The summed E-state index contributed by atoms with van der Waals surface area (Å²) in [5.74, 6) is -0.571. The van der Waals surface area contributed by atoms with Gasteiger partial charge in [0.15, 0.2) is 0 Å². The summed E-state index contributed by atoms with van der Waals surface area (Å²) in [6.45, 7) is 0.407. The molecule has 0 unspecified atom stereocenters. The lowest BCUT2D eigenvalue weighted by Crippen LogP contribution is -2.35. The van der Waals surface area contributed by atoms with Crippen molar-refractivity contribution in [3.8, 4) is 0 Å². The van der Waals surface area contributed by atoms with Crippen molar-refractivity contribution < 1.29 is 17.9 Å². The molecule has 3 aromatic carbocycles. The average molecular weight is 476 g/mol. The van der Waals surface area contributed by atoms with E-state index in [9.17, 15) is 13.2 Å². The molecule has 3 aromatic rings.